The van der Waals surface area contributed by atoms with Gasteiger partial charge in [-0.2, -0.15) is 0 Å². The van der Waals surface area contributed by atoms with E-state index in [0.29, 0.717) is 10.9 Å². The van der Waals surface area contributed by atoms with Crippen LogP contribution in [0.15, 0.2) is 60.8 Å². The number of fused-ring (bicyclic) bond motifs is 1. The molecule has 0 atom stereocenters. The highest BCUT2D eigenvalue weighted by Crippen LogP contribution is 2.28. The summed E-state index contributed by atoms with van der Waals surface area (Å²) in [7, 11) is 0. The normalized spacial score (nSPS) is 11.3. The van der Waals surface area contributed by atoms with E-state index in [4.69, 9.17) is 0 Å². The van der Waals surface area contributed by atoms with Crippen molar-refractivity contribution in [2.24, 2.45) is 0 Å². The second-order valence-corrected chi connectivity index (χ2v) is 9.06. The van der Waals surface area contributed by atoms with E-state index in [0.717, 1.165) is 35.2 Å². The fraction of sp³-hybridized carbons (Fsp3) is 0.300. The summed E-state index contributed by atoms with van der Waals surface area (Å²) >= 11 is 0. The van der Waals surface area contributed by atoms with Gasteiger partial charge < -0.3 is 0 Å². The van der Waals surface area contributed by atoms with Crippen LogP contribution in [0.5, 0.6) is 0 Å². The summed E-state index contributed by atoms with van der Waals surface area (Å²) < 4.78 is 55.2. The molecule has 1 nitrogen and oxygen atoms in total. The Labute approximate surface area is 203 Å². The predicted octanol–water partition coefficient (Wildman–Crippen LogP) is 8.76. The number of pyridine rings is 1. The molecule has 1 heterocycles. The van der Waals surface area contributed by atoms with Crippen LogP contribution in [0.2, 0.25) is 0 Å². The van der Waals surface area contributed by atoms with E-state index in [1.807, 2.05) is 30.5 Å². The smallest absolute Gasteiger partial charge is 0.194 e. The molecule has 35 heavy (non-hydrogen) atoms. The summed E-state index contributed by atoms with van der Waals surface area (Å²) in [5.74, 6) is -4.32. The lowest BCUT2D eigenvalue weighted by Gasteiger charge is -2.10. The van der Waals surface area contributed by atoms with Crippen LogP contribution in [0.25, 0.3) is 22.0 Å². The highest BCUT2D eigenvalue weighted by atomic mass is 19.2. The Morgan fingerprint density at radius 3 is 2.14 bits per heavy atom. The van der Waals surface area contributed by atoms with Crippen LogP contribution < -0.4 is 0 Å². The Balaban J connectivity index is 1.45. The Bertz CT molecular complexity index is 1270. The molecule has 182 valence electrons. The molecule has 0 fully saturated rings. The van der Waals surface area contributed by atoms with E-state index in [2.05, 4.69) is 18.0 Å². The third-order valence-corrected chi connectivity index (χ3v) is 6.45. The lowest BCUT2D eigenvalue weighted by atomic mass is 9.98. The molecular weight excluding hydrogens is 450 g/mol. The molecule has 0 N–H and O–H groups in total. The van der Waals surface area contributed by atoms with Gasteiger partial charge in [0.15, 0.2) is 17.5 Å². The standard InChI is InChI=1S/C30H29F4N/c1-2-3-4-5-6-7-20-9-15-28(35-19-20)24-13-14-25-23(18-24)12-11-22(29(25)33)10-8-21-16-26(31)30(34)27(32)17-21/h9,11-19H,2-8,10H2,1H3. The molecule has 3 aromatic carbocycles. The van der Waals surface area contributed by atoms with Crippen molar-refractivity contribution < 1.29 is 17.6 Å². The Morgan fingerprint density at radius 2 is 1.43 bits per heavy atom. The minimum absolute atomic E-state index is 0.198. The van der Waals surface area contributed by atoms with Crippen LogP contribution in [-0.2, 0) is 19.3 Å². The van der Waals surface area contributed by atoms with Gasteiger partial charge in [0.25, 0.3) is 0 Å². The average Bonchev–Trinajstić information content (AvgIpc) is 2.87. The maximum absolute atomic E-state index is 15.2. The number of unbranched alkanes of at least 4 members (excludes halogenated alkanes) is 4. The van der Waals surface area contributed by atoms with Crippen LogP contribution in [0.4, 0.5) is 17.6 Å². The van der Waals surface area contributed by atoms with Crippen molar-refractivity contribution in [3.63, 3.8) is 0 Å². The predicted molar refractivity (Wildman–Crippen MR) is 133 cm³/mol. The van der Waals surface area contributed by atoms with Gasteiger partial charge in [-0.3, -0.25) is 4.98 Å². The van der Waals surface area contributed by atoms with Crippen LogP contribution in [0.3, 0.4) is 0 Å². The van der Waals surface area contributed by atoms with E-state index >= 15 is 4.39 Å². The first kappa shape index (κ1) is 24.9. The van der Waals surface area contributed by atoms with Crippen LogP contribution >= 0.6 is 0 Å². The third kappa shape index (κ3) is 6.08. The van der Waals surface area contributed by atoms with Crippen LogP contribution in [0.1, 0.15) is 55.7 Å². The van der Waals surface area contributed by atoms with Crippen molar-refractivity contribution in [2.45, 2.75) is 58.3 Å². The zero-order valence-corrected chi connectivity index (χ0v) is 19.9. The maximum Gasteiger partial charge on any atom is 0.194 e. The number of aryl methyl sites for hydroxylation is 3. The van der Waals surface area contributed by atoms with Crippen LogP contribution in [0, 0.1) is 23.3 Å². The summed E-state index contributed by atoms with van der Waals surface area (Å²) in [6, 6.07) is 15.1. The van der Waals surface area contributed by atoms with E-state index < -0.39 is 17.5 Å². The lowest BCUT2D eigenvalue weighted by Crippen LogP contribution is -1.99. The largest absolute Gasteiger partial charge is 0.256 e. The van der Waals surface area contributed by atoms with E-state index in [1.54, 1.807) is 12.1 Å². The first-order chi connectivity index (χ1) is 17.0. The zero-order valence-electron chi connectivity index (χ0n) is 19.9. The molecule has 0 aliphatic heterocycles. The molecule has 0 aliphatic carbocycles. The molecule has 0 unspecified atom stereocenters. The lowest BCUT2D eigenvalue weighted by molar-refractivity contribution is 0.445. The molecule has 0 saturated carbocycles. The molecule has 0 spiro atoms. The first-order valence-electron chi connectivity index (χ1n) is 12.3. The van der Waals surface area contributed by atoms with Gasteiger partial charge in [-0.25, -0.2) is 17.6 Å². The van der Waals surface area contributed by atoms with Gasteiger partial charge in [-0.15, -0.1) is 0 Å². The second kappa shape index (κ2) is 11.5. The van der Waals surface area contributed by atoms with Gasteiger partial charge in [0.1, 0.15) is 5.82 Å². The number of hydrogen-bond donors (Lipinski definition) is 0. The van der Waals surface area contributed by atoms with E-state index in [-0.39, 0.29) is 24.2 Å². The van der Waals surface area contributed by atoms with Gasteiger partial charge >= 0.3 is 0 Å². The van der Waals surface area contributed by atoms with Crippen molar-refractivity contribution >= 4 is 10.8 Å². The number of aromatic nitrogens is 1. The Morgan fingerprint density at radius 1 is 0.657 bits per heavy atom. The van der Waals surface area contributed by atoms with Crippen molar-refractivity contribution in [3.05, 3.63) is 101 Å². The van der Waals surface area contributed by atoms with Gasteiger partial charge in [0.2, 0.25) is 0 Å². The topological polar surface area (TPSA) is 12.9 Å². The molecule has 1 aromatic heterocycles. The summed E-state index contributed by atoms with van der Waals surface area (Å²) in [6.07, 6.45) is 9.61. The van der Waals surface area contributed by atoms with Crippen molar-refractivity contribution in [1.82, 2.24) is 4.98 Å². The second-order valence-electron chi connectivity index (χ2n) is 9.06. The third-order valence-electron chi connectivity index (χ3n) is 6.45. The highest BCUT2D eigenvalue weighted by Gasteiger charge is 2.13. The molecule has 0 amide bonds. The minimum atomic E-state index is -1.49. The SMILES string of the molecule is CCCCCCCc1ccc(-c2ccc3c(F)c(CCc4cc(F)c(F)c(F)c4)ccc3c2)nc1. The summed E-state index contributed by atoms with van der Waals surface area (Å²) in [5, 5.41) is 1.23. The molecular formula is C30H29F4N. The van der Waals surface area contributed by atoms with Gasteiger partial charge in [0, 0.05) is 17.1 Å². The summed E-state index contributed by atoms with van der Waals surface area (Å²) in [4.78, 5) is 4.61. The first-order valence-corrected chi connectivity index (χ1v) is 12.3. The molecule has 5 heteroatoms. The van der Waals surface area contributed by atoms with Crippen molar-refractivity contribution in [2.75, 3.05) is 0 Å². The van der Waals surface area contributed by atoms with Crippen LogP contribution in [-0.4, -0.2) is 4.98 Å². The fourth-order valence-electron chi connectivity index (χ4n) is 4.40. The summed E-state index contributed by atoms with van der Waals surface area (Å²) in [6.45, 7) is 2.21. The Kier molecular flexibility index (Phi) is 8.17. The van der Waals surface area contributed by atoms with Gasteiger partial charge in [-0.1, -0.05) is 62.9 Å². The van der Waals surface area contributed by atoms with E-state index in [1.165, 1.54) is 37.7 Å². The monoisotopic (exact) mass is 479 g/mol. The molecule has 4 aromatic rings. The number of nitrogens with zero attached hydrogens (tertiary/aromatic N) is 1. The van der Waals surface area contributed by atoms with Crippen molar-refractivity contribution in [3.8, 4) is 11.3 Å². The summed E-state index contributed by atoms with van der Waals surface area (Å²) in [5.41, 5.74) is 3.70. The average molecular weight is 480 g/mol. The van der Waals surface area contributed by atoms with Crippen molar-refractivity contribution in [1.29, 1.82) is 0 Å². The molecule has 0 radical (unpaired) electrons. The number of benzene rings is 3. The molecule has 0 aliphatic rings. The molecule has 0 bridgehead atoms. The quantitative estimate of drug-likeness (QED) is 0.126. The number of halogens is 4. The highest BCUT2D eigenvalue weighted by molar-refractivity contribution is 5.88. The van der Waals surface area contributed by atoms with Gasteiger partial charge in [-0.05, 0) is 72.0 Å². The Hall–Kier alpha value is -3.21. The maximum atomic E-state index is 15.2. The number of hydrogen-bond acceptors (Lipinski definition) is 1. The number of rotatable bonds is 10. The minimum Gasteiger partial charge on any atom is -0.256 e. The van der Waals surface area contributed by atoms with E-state index in [9.17, 15) is 13.2 Å². The molecule has 0 saturated heterocycles. The fourth-order valence-corrected chi connectivity index (χ4v) is 4.40. The zero-order chi connectivity index (χ0) is 24.8. The molecule has 4 rings (SSSR count). The van der Waals surface area contributed by atoms with Gasteiger partial charge in [0.05, 0.1) is 5.69 Å².